The van der Waals surface area contributed by atoms with Crippen LogP contribution in [0.3, 0.4) is 0 Å². The smallest absolute Gasteiger partial charge is 0.278 e. The molecule has 0 spiro atoms. The average Bonchev–Trinajstić information content (AvgIpc) is 2.91. The molecule has 1 N–H and O–H groups in total. The van der Waals surface area contributed by atoms with Crippen molar-refractivity contribution < 1.29 is 13.2 Å². The molecular weight excluding hydrogens is 265 g/mol. The van der Waals surface area contributed by atoms with Gasteiger partial charge in [0.25, 0.3) is 0 Å². The van der Waals surface area contributed by atoms with Crippen molar-refractivity contribution in [2.24, 2.45) is 5.10 Å². The Bertz CT molecular complexity index is 515. The Hall–Kier alpha value is -1.96. The fourth-order valence-electron chi connectivity index (χ4n) is 1.45. The van der Waals surface area contributed by atoms with Crippen LogP contribution in [0.2, 0.25) is 0 Å². The Morgan fingerprint density at radius 1 is 1.05 bits per heavy atom. The van der Waals surface area contributed by atoms with Crippen LogP contribution in [0.25, 0.3) is 0 Å². The van der Waals surface area contributed by atoms with Crippen molar-refractivity contribution in [2.45, 2.75) is 6.18 Å². The van der Waals surface area contributed by atoms with Crippen LogP contribution in [0, 0.1) is 43.4 Å². The van der Waals surface area contributed by atoms with E-state index >= 15 is 0 Å². The van der Waals surface area contributed by atoms with Gasteiger partial charge in [0.15, 0.2) is 0 Å². The van der Waals surface area contributed by atoms with Crippen molar-refractivity contribution in [2.75, 3.05) is 5.43 Å². The zero-order valence-electron chi connectivity index (χ0n) is 10.3. The van der Waals surface area contributed by atoms with E-state index in [2.05, 4.69) is 22.4 Å². The van der Waals surface area contributed by atoms with Gasteiger partial charge in [-0.15, -0.1) is 0 Å². The molecule has 101 valence electrons. The lowest BCUT2D eigenvalue weighted by Crippen LogP contribution is -2.04. The van der Waals surface area contributed by atoms with Crippen molar-refractivity contribution in [3.05, 3.63) is 61.4 Å². The lowest BCUT2D eigenvalue weighted by Gasteiger charge is -2.06. The van der Waals surface area contributed by atoms with Gasteiger partial charge in [0, 0.05) is 0 Å². The summed E-state index contributed by atoms with van der Waals surface area (Å²) in [5.41, 5.74) is 2.37. The first-order valence-electron chi connectivity index (χ1n) is 5.74. The van der Waals surface area contributed by atoms with E-state index in [0.29, 0.717) is 5.69 Å². The summed E-state index contributed by atoms with van der Waals surface area (Å²) in [7, 11) is 0. The van der Waals surface area contributed by atoms with E-state index in [4.69, 9.17) is 0 Å². The summed E-state index contributed by atoms with van der Waals surface area (Å²) < 4.78 is 37.0. The largest absolute Gasteiger partial charge is 0.416 e. The highest BCUT2D eigenvalue weighted by Crippen LogP contribution is 2.29. The number of nitrogens with one attached hydrogen (secondary N) is 1. The van der Waals surface area contributed by atoms with Crippen LogP contribution < -0.4 is 5.43 Å². The molecule has 0 heterocycles. The third-order valence-electron chi connectivity index (χ3n) is 2.41. The second kappa shape index (κ2) is 6.47. The molecule has 0 bridgehead atoms. The van der Waals surface area contributed by atoms with E-state index in [1.807, 2.05) is 25.7 Å². The van der Waals surface area contributed by atoms with Crippen LogP contribution >= 0.6 is 0 Å². The standard InChI is InChI=1S/C15H10F3N2/c16-15(17,18)13-7-9-14(10-8-13)20-19-11-3-6-12-4-1-2-5-12/h1-2,4-5,7-11,20H/b19-11-. The maximum atomic E-state index is 12.3. The summed E-state index contributed by atoms with van der Waals surface area (Å²) in [5.74, 6) is 6.44. The summed E-state index contributed by atoms with van der Waals surface area (Å²) in [5, 5.41) is 3.80. The minimum absolute atomic E-state index is 0.462. The Balaban J connectivity index is 1.84. The average molecular weight is 275 g/mol. The van der Waals surface area contributed by atoms with Gasteiger partial charge in [-0.2, -0.15) is 18.3 Å². The van der Waals surface area contributed by atoms with E-state index < -0.39 is 11.7 Å². The number of hydrogen-bond donors (Lipinski definition) is 1. The van der Waals surface area contributed by atoms with Crippen LogP contribution in [0.15, 0.2) is 29.4 Å². The van der Waals surface area contributed by atoms with Crippen LogP contribution in [0.5, 0.6) is 0 Å². The van der Waals surface area contributed by atoms with Gasteiger partial charge in [0.1, 0.15) is 0 Å². The second-order valence-corrected chi connectivity index (χ2v) is 3.89. The van der Waals surface area contributed by atoms with E-state index in [1.165, 1.54) is 18.3 Å². The van der Waals surface area contributed by atoms with E-state index in [1.54, 1.807) is 0 Å². The molecule has 2 rings (SSSR count). The van der Waals surface area contributed by atoms with Gasteiger partial charge in [0.05, 0.1) is 23.4 Å². The molecule has 0 aromatic heterocycles. The third-order valence-corrected chi connectivity index (χ3v) is 2.41. The third kappa shape index (κ3) is 4.30. The molecule has 0 aliphatic heterocycles. The van der Waals surface area contributed by atoms with Gasteiger partial charge < -0.3 is 0 Å². The van der Waals surface area contributed by atoms with Crippen molar-refractivity contribution in [3.63, 3.8) is 0 Å². The van der Waals surface area contributed by atoms with E-state index in [-0.39, 0.29) is 0 Å². The first-order chi connectivity index (χ1) is 9.55. The molecule has 1 saturated carbocycles. The maximum absolute atomic E-state index is 12.3. The number of alkyl halides is 3. The molecular formula is C15H10F3N2. The number of halogens is 3. The van der Waals surface area contributed by atoms with Gasteiger partial charge in [-0.25, -0.2) is 0 Å². The molecule has 2 nitrogen and oxygen atoms in total. The molecule has 1 aliphatic rings. The van der Waals surface area contributed by atoms with Crippen molar-refractivity contribution in [1.82, 2.24) is 0 Å². The van der Waals surface area contributed by atoms with E-state index in [0.717, 1.165) is 18.1 Å². The molecule has 1 aromatic carbocycles. The highest BCUT2D eigenvalue weighted by Gasteiger charge is 2.29. The van der Waals surface area contributed by atoms with Gasteiger partial charge in [-0.3, -0.25) is 5.43 Å². The first kappa shape index (κ1) is 14.4. The second-order valence-electron chi connectivity index (χ2n) is 3.89. The minimum Gasteiger partial charge on any atom is -0.278 e. The summed E-state index contributed by atoms with van der Waals surface area (Å²) in [6, 6.07) is 4.61. The summed E-state index contributed by atoms with van der Waals surface area (Å²) in [6.07, 6.45) is 4.51. The number of hydrazone groups is 1. The van der Waals surface area contributed by atoms with E-state index in [9.17, 15) is 13.2 Å². The predicted molar refractivity (Wildman–Crippen MR) is 71.8 cm³/mol. The molecule has 0 unspecified atom stereocenters. The quantitative estimate of drug-likeness (QED) is 0.498. The molecule has 20 heavy (non-hydrogen) atoms. The predicted octanol–water partition coefficient (Wildman–Crippen LogP) is 3.51. The van der Waals surface area contributed by atoms with Crippen molar-refractivity contribution in [3.8, 4) is 11.8 Å². The molecule has 1 aliphatic carbocycles. The summed E-state index contributed by atoms with van der Waals surface area (Å²) in [4.78, 5) is 0. The monoisotopic (exact) mass is 275 g/mol. The van der Waals surface area contributed by atoms with Crippen LogP contribution in [-0.2, 0) is 6.18 Å². The maximum Gasteiger partial charge on any atom is 0.416 e. The Kier molecular flexibility index (Phi) is 4.67. The zero-order valence-corrected chi connectivity index (χ0v) is 10.3. The highest BCUT2D eigenvalue weighted by molar-refractivity contribution is 5.80. The fraction of sp³-hybridized carbons (Fsp3) is 0.0667. The molecule has 1 fully saturated rings. The lowest BCUT2D eigenvalue weighted by molar-refractivity contribution is -0.137. The number of nitrogens with zero attached hydrogens (tertiary/aromatic N) is 1. The molecule has 5 heteroatoms. The number of hydrogen-bond acceptors (Lipinski definition) is 2. The number of anilines is 1. The van der Waals surface area contributed by atoms with Gasteiger partial charge in [-0.05, 0) is 49.9 Å². The Labute approximate surface area is 116 Å². The molecule has 0 atom stereocenters. The van der Waals surface area contributed by atoms with Gasteiger partial charge >= 0.3 is 6.18 Å². The minimum atomic E-state index is -4.33. The summed E-state index contributed by atoms with van der Waals surface area (Å²) in [6.45, 7) is 0. The Morgan fingerprint density at radius 2 is 1.70 bits per heavy atom. The SMILES string of the molecule is FC(F)(F)c1ccc(N/N=C\C#C[C]2[CH][CH][CH][CH]2)cc1. The van der Waals surface area contributed by atoms with Crippen molar-refractivity contribution >= 4 is 11.9 Å². The topological polar surface area (TPSA) is 24.4 Å². The number of rotatable bonds is 2. The van der Waals surface area contributed by atoms with Gasteiger partial charge in [-0.1, -0.05) is 11.8 Å². The van der Waals surface area contributed by atoms with Crippen molar-refractivity contribution in [1.29, 1.82) is 0 Å². The van der Waals surface area contributed by atoms with Gasteiger partial charge in [0.2, 0.25) is 0 Å². The zero-order chi connectivity index (χ0) is 14.4. The lowest BCUT2D eigenvalue weighted by atomic mass is 10.1. The van der Waals surface area contributed by atoms with Crippen LogP contribution in [0.1, 0.15) is 5.56 Å². The van der Waals surface area contributed by atoms with Crippen LogP contribution in [-0.4, -0.2) is 6.21 Å². The number of benzene rings is 1. The fourth-order valence-corrected chi connectivity index (χ4v) is 1.45. The highest BCUT2D eigenvalue weighted by atomic mass is 19.4. The molecule has 0 amide bonds. The molecule has 0 saturated heterocycles. The molecule has 5 radical (unpaired) electrons. The van der Waals surface area contributed by atoms with Crippen LogP contribution in [0.4, 0.5) is 18.9 Å². The Morgan fingerprint density at radius 3 is 2.30 bits per heavy atom. The molecule has 1 aromatic rings. The normalized spacial score (nSPS) is 16.1. The summed E-state index contributed by atoms with van der Waals surface area (Å²) >= 11 is 0. The first-order valence-corrected chi connectivity index (χ1v) is 5.74.